The second-order valence-corrected chi connectivity index (χ2v) is 3.80. The van der Waals surface area contributed by atoms with Gasteiger partial charge in [0.15, 0.2) is 11.5 Å². The van der Waals surface area contributed by atoms with Crippen LogP contribution in [0.5, 0.6) is 0 Å². The number of carbonyl (C=O) groups excluding carboxylic acids is 1. The number of ketones is 1. The molecule has 1 saturated heterocycles. The molecule has 0 aromatic carbocycles. The van der Waals surface area contributed by atoms with Crippen LogP contribution in [0.2, 0.25) is 0 Å². The van der Waals surface area contributed by atoms with Crippen LogP contribution >= 0.6 is 0 Å². The van der Waals surface area contributed by atoms with E-state index in [9.17, 15) is 4.79 Å². The molecular formula is C5H10NOS+. The molecular weight excluding hydrogens is 122 g/mol. The van der Waals surface area contributed by atoms with Crippen molar-refractivity contribution in [2.24, 2.45) is 5.14 Å². The van der Waals surface area contributed by atoms with Gasteiger partial charge in [-0.3, -0.25) is 4.79 Å². The van der Waals surface area contributed by atoms with Crippen LogP contribution in [0.4, 0.5) is 0 Å². The second kappa shape index (κ2) is 2.51. The third-order valence-corrected chi connectivity index (χ3v) is 2.71. The monoisotopic (exact) mass is 132 g/mol. The minimum atomic E-state index is -0.0698. The molecule has 0 spiro atoms. The number of hydrogen-bond acceptors (Lipinski definition) is 2. The van der Waals surface area contributed by atoms with Crippen molar-refractivity contribution >= 4 is 16.9 Å². The zero-order valence-electron chi connectivity index (χ0n) is 4.72. The first kappa shape index (κ1) is 6.11. The molecule has 46 valence electrons. The number of carbonyl (C=O) groups is 1. The fraction of sp³-hybridized carbons (Fsp3) is 0.800. The van der Waals surface area contributed by atoms with E-state index in [0.29, 0.717) is 11.5 Å². The van der Waals surface area contributed by atoms with E-state index in [1.165, 1.54) is 0 Å². The van der Waals surface area contributed by atoms with Crippen molar-refractivity contribution in [3.63, 3.8) is 0 Å². The van der Waals surface area contributed by atoms with Gasteiger partial charge < -0.3 is 0 Å². The van der Waals surface area contributed by atoms with Crippen molar-refractivity contribution in [1.82, 2.24) is 0 Å². The molecule has 0 amide bonds. The van der Waals surface area contributed by atoms with E-state index >= 15 is 0 Å². The smallest absolute Gasteiger partial charge is 0.185 e. The van der Waals surface area contributed by atoms with Gasteiger partial charge in [-0.05, 0) is 0 Å². The standard InChI is InChI=1S/C5H10NOS/c6-8-3-1-2-5(7)4-8/h1-4,6H2/q+1. The first-order valence-corrected chi connectivity index (χ1v) is 4.35. The molecule has 1 fully saturated rings. The van der Waals surface area contributed by atoms with Crippen molar-refractivity contribution < 1.29 is 4.79 Å². The Morgan fingerprint density at radius 3 is 2.75 bits per heavy atom. The third-order valence-electron chi connectivity index (χ3n) is 1.21. The van der Waals surface area contributed by atoms with E-state index in [-0.39, 0.29) is 11.1 Å². The Kier molecular flexibility index (Phi) is 1.91. The Labute approximate surface area is 51.9 Å². The lowest BCUT2D eigenvalue weighted by Crippen LogP contribution is -2.31. The van der Waals surface area contributed by atoms with Crippen LogP contribution in [0.15, 0.2) is 0 Å². The van der Waals surface area contributed by atoms with Crippen molar-refractivity contribution in [2.45, 2.75) is 12.8 Å². The summed E-state index contributed by atoms with van der Waals surface area (Å²) in [5, 5.41) is 5.53. The molecule has 2 N–H and O–H groups in total. The summed E-state index contributed by atoms with van der Waals surface area (Å²) in [7, 11) is 0. The summed E-state index contributed by atoms with van der Waals surface area (Å²) in [5.74, 6) is 2.05. The summed E-state index contributed by atoms with van der Waals surface area (Å²) in [6.07, 6.45) is 1.78. The van der Waals surface area contributed by atoms with Crippen LogP contribution in [0, 0.1) is 0 Å². The maximum atomic E-state index is 10.6. The minimum absolute atomic E-state index is 0.0698. The Balaban J connectivity index is 2.34. The maximum absolute atomic E-state index is 10.6. The van der Waals surface area contributed by atoms with Gasteiger partial charge in [0.25, 0.3) is 0 Å². The van der Waals surface area contributed by atoms with E-state index < -0.39 is 0 Å². The molecule has 1 rings (SSSR count). The largest absolute Gasteiger partial charge is 0.294 e. The molecule has 0 saturated carbocycles. The molecule has 2 nitrogen and oxygen atoms in total. The first-order chi connectivity index (χ1) is 3.79. The lowest BCUT2D eigenvalue weighted by molar-refractivity contribution is -0.116. The van der Waals surface area contributed by atoms with Crippen LogP contribution in [0.3, 0.4) is 0 Å². The summed E-state index contributed by atoms with van der Waals surface area (Å²) in [6.45, 7) is 0. The SMILES string of the molecule is N[S+]1CCCC(=O)C1. The van der Waals surface area contributed by atoms with Crippen LogP contribution in [-0.2, 0) is 15.9 Å². The molecule has 3 heteroatoms. The van der Waals surface area contributed by atoms with Crippen molar-refractivity contribution in [3.05, 3.63) is 0 Å². The Morgan fingerprint density at radius 1 is 1.62 bits per heavy atom. The molecule has 0 aliphatic carbocycles. The highest BCUT2D eigenvalue weighted by Crippen LogP contribution is 2.04. The zero-order chi connectivity index (χ0) is 5.98. The van der Waals surface area contributed by atoms with Crippen LogP contribution in [-0.4, -0.2) is 17.3 Å². The normalized spacial score (nSPS) is 30.6. The van der Waals surface area contributed by atoms with Gasteiger partial charge >= 0.3 is 0 Å². The average Bonchev–Trinajstić information content (AvgIpc) is 1.64. The molecule has 1 unspecified atom stereocenters. The van der Waals surface area contributed by atoms with Crippen LogP contribution < -0.4 is 5.14 Å². The van der Waals surface area contributed by atoms with Gasteiger partial charge in [0, 0.05) is 12.8 Å². The highest BCUT2D eigenvalue weighted by Gasteiger charge is 2.23. The first-order valence-electron chi connectivity index (χ1n) is 2.72. The van der Waals surface area contributed by atoms with Crippen molar-refractivity contribution in [1.29, 1.82) is 0 Å². The highest BCUT2D eigenvalue weighted by atomic mass is 32.2. The summed E-state index contributed by atoms with van der Waals surface area (Å²) < 4.78 is 0. The van der Waals surface area contributed by atoms with Gasteiger partial charge in [0.2, 0.25) is 0 Å². The number of hydrogen-bond donors (Lipinski definition) is 1. The molecule has 8 heavy (non-hydrogen) atoms. The predicted octanol–water partition coefficient (Wildman–Crippen LogP) is -0.159. The molecule has 1 aliphatic rings. The number of nitrogens with two attached hydrogens (primary N) is 1. The second-order valence-electron chi connectivity index (χ2n) is 2.03. The summed E-state index contributed by atoms with van der Waals surface area (Å²) in [4.78, 5) is 10.6. The van der Waals surface area contributed by atoms with Crippen LogP contribution in [0.25, 0.3) is 0 Å². The Hall–Kier alpha value is -0.0200. The van der Waals surface area contributed by atoms with Gasteiger partial charge in [-0.2, -0.15) is 5.14 Å². The lowest BCUT2D eigenvalue weighted by atomic mass is 10.2. The van der Waals surface area contributed by atoms with E-state index in [1.54, 1.807) is 0 Å². The molecule has 1 heterocycles. The van der Waals surface area contributed by atoms with Crippen molar-refractivity contribution in [3.8, 4) is 0 Å². The summed E-state index contributed by atoms with van der Waals surface area (Å²) in [6, 6.07) is 0. The fourth-order valence-electron chi connectivity index (χ4n) is 0.806. The summed E-state index contributed by atoms with van der Waals surface area (Å²) in [5.41, 5.74) is 0. The third kappa shape index (κ3) is 1.49. The summed E-state index contributed by atoms with van der Waals surface area (Å²) >= 11 is -0.0698. The van der Waals surface area contributed by atoms with Crippen molar-refractivity contribution in [2.75, 3.05) is 11.5 Å². The Bertz CT molecular complexity index is 105. The molecule has 0 bridgehead atoms. The molecule has 0 aromatic rings. The van der Waals surface area contributed by atoms with Gasteiger partial charge in [0.05, 0.1) is 11.1 Å². The molecule has 1 atom stereocenters. The molecule has 0 aromatic heterocycles. The highest BCUT2D eigenvalue weighted by molar-refractivity contribution is 7.95. The van der Waals surface area contributed by atoms with E-state index in [4.69, 9.17) is 5.14 Å². The number of rotatable bonds is 0. The predicted molar refractivity (Wildman–Crippen MR) is 35.5 cm³/mol. The lowest BCUT2D eigenvalue weighted by Gasteiger charge is -2.05. The van der Waals surface area contributed by atoms with Gasteiger partial charge in [-0.15, -0.1) is 0 Å². The molecule has 0 radical (unpaired) electrons. The van der Waals surface area contributed by atoms with Gasteiger partial charge in [0.1, 0.15) is 5.75 Å². The maximum Gasteiger partial charge on any atom is 0.185 e. The van der Waals surface area contributed by atoms with E-state index in [1.807, 2.05) is 0 Å². The van der Waals surface area contributed by atoms with Gasteiger partial charge in [-0.1, -0.05) is 0 Å². The molecule has 1 aliphatic heterocycles. The van der Waals surface area contributed by atoms with E-state index in [2.05, 4.69) is 0 Å². The Morgan fingerprint density at radius 2 is 2.38 bits per heavy atom. The topological polar surface area (TPSA) is 43.1 Å². The van der Waals surface area contributed by atoms with Crippen LogP contribution in [0.1, 0.15) is 12.8 Å². The zero-order valence-corrected chi connectivity index (χ0v) is 5.54. The van der Waals surface area contributed by atoms with E-state index in [0.717, 1.165) is 18.6 Å². The average molecular weight is 132 g/mol. The van der Waals surface area contributed by atoms with Gasteiger partial charge in [-0.25, -0.2) is 0 Å². The minimum Gasteiger partial charge on any atom is -0.294 e. The quantitative estimate of drug-likeness (QED) is 0.465. The fourth-order valence-corrected chi connectivity index (χ4v) is 2.02. The number of Topliss-reactive ketones (excluding diaryl/α,β-unsaturated/α-hetero) is 1.